The number of imidazole rings is 1. The predicted octanol–water partition coefficient (Wildman–Crippen LogP) is 4.12. The fourth-order valence-electron chi connectivity index (χ4n) is 3.29. The molecule has 0 saturated carbocycles. The first-order chi connectivity index (χ1) is 15.7. The lowest BCUT2D eigenvalue weighted by atomic mass is 10.1. The number of hydrogen-bond acceptors (Lipinski definition) is 5. The molecule has 0 spiro atoms. The molecule has 10 heteroatoms. The Bertz CT molecular complexity index is 1290. The van der Waals surface area contributed by atoms with Crippen molar-refractivity contribution in [3.05, 3.63) is 64.6 Å². The summed E-state index contributed by atoms with van der Waals surface area (Å²) in [5.41, 5.74) is 1.66. The number of nitrogens with one attached hydrogen (secondary N) is 1. The van der Waals surface area contributed by atoms with Crippen LogP contribution in [0.5, 0.6) is 5.75 Å². The first-order valence-corrected chi connectivity index (χ1v) is 9.82. The van der Waals surface area contributed by atoms with Gasteiger partial charge in [0.15, 0.2) is 11.5 Å². The summed E-state index contributed by atoms with van der Waals surface area (Å²) in [6, 6.07) is 8.33. The zero-order valence-corrected chi connectivity index (χ0v) is 18.8. The van der Waals surface area contributed by atoms with Crippen LogP contribution >= 0.6 is 0 Å². The Morgan fingerprint density at radius 2 is 2.00 bits per heavy atom. The summed E-state index contributed by atoms with van der Waals surface area (Å²) in [7, 11) is 5.03. The third kappa shape index (κ3) is 4.67. The third-order valence-electron chi connectivity index (χ3n) is 4.78. The van der Waals surface area contributed by atoms with Crippen molar-refractivity contribution in [2.45, 2.75) is 13.8 Å². The Balaban J connectivity index is 2.27. The van der Waals surface area contributed by atoms with E-state index in [-0.39, 0.29) is 23.0 Å². The number of nitrogens with zero attached hydrogens (tertiary/aromatic N) is 5. The molecule has 0 aliphatic heterocycles. The van der Waals surface area contributed by atoms with Crippen LogP contribution in [-0.4, -0.2) is 47.9 Å². The van der Waals surface area contributed by atoms with E-state index in [0.29, 0.717) is 23.1 Å². The molecule has 3 aromatic rings. The van der Waals surface area contributed by atoms with E-state index in [1.54, 1.807) is 38.1 Å². The van der Waals surface area contributed by atoms with Gasteiger partial charge in [0, 0.05) is 25.7 Å². The van der Waals surface area contributed by atoms with E-state index < -0.39 is 17.5 Å². The lowest BCUT2D eigenvalue weighted by molar-refractivity contribution is 0.101. The first-order valence-electron chi connectivity index (χ1n) is 9.82. The second-order valence-corrected chi connectivity index (χ2v) is 7.40. The lowest BCUT2D eigenvalue weighted by Crippen LogP contribution is -2.19. The number of hydrogen-bond donors (Lipinski definition) is 1. The second-order valence-electron chi connectivity index (χ2n) is 7.40. The fraction of sp³-hybridized carbons (Fsp3) is 0.217. The van der Waals surface area contributed by atoms with Crippen LogP contribution in [0.25, 0.3) is 5.69 Å². The molecule has 2 aromatic carbocycles. The molecule has 33 heavy (non-hydrogen) atoms. The molecule has 0 aliphatic rings. The largest absolute Gasteiger partial charge is 0.496 e. The van der Waals surface area contributed by atoms with Crippen LogP contribution in [-0.2, 0) is 0 Å². The van der Waals surface area contributed by atoms with Gasteiger partial charge in [0.25, 0.3) is 5.91 Å². The minimum absolute atomic E-state index is 0.0977. The average Bonchev–Trinajstić information content (AvgIpc) is 3.12. The highest BCUT2D eigenvalue weighted by Crippen LogP contribution is 2.34. The molecule has 3 rings (SSSR count). The Morgan fingerprint density at radius 1 is 1.27 bits per heavy atom. The van der Waals surface area contributed by atoms with Gasteiger partial charge in [-0.15, -0.1) is 0 Å². The number of anilines is 1. The van der Waals surface area contributed by atoms with Crippen molar-refractivity contribution in [1.82, 2.24) is 14.5 Å². The van der Waals surface area contributed by atoms with Crippen molar-refractivity contribution in [3.8, 4) is 17.5 Å². The van der Waals surface area contributed by atoms with Crippen LogP contribution in [0.1, 0.15) is 27.4 Å². The summed E-state index contributed by atoms with van der Waals surface area (Å²) < 4.78 is 34.3. The highest BCUT2D eigenvalue weighted by Gasteiger charge is 2.26. The molecular weight excluding hydrogens is 430 g/mol. The van der Waals surface area contributed by atoms with Gasteiger partial charge in [-0.1, -0.05) is 6.07 Å². The quantitative estimate of drug-likeness (QED) is 0.448. The molecule has 0 atom stereocenters. The first kappa shape index (κ1) is 23.4. The van der Waals surface area contributed by atoms with Gasteiger partial charge >= 0.3 is 0 Å². The second kappa shape index (κ2) is 9.48. The summed E-state index contributed by atoms with van der Waals surface area (Å²) in [6.07, 6.45) is 1.47. The highest BCUT2D eigenvalue weighted by atomic mass is 19.1. The molecule has 170 valence electrons. The monoisotopic (exact) mass is 452 g/mol. The molecule has 0 saturated heterocycles. The van der Waals surface area contributed by atoms with Crippen LogP contribution in [0.15, 0.2) is 35.3 Å². The lowest BCUT2D eigenvalue weighted by Gasteiger charge is -2.18. The molecule has 0 unspecified atom stereocenters. The summed E-state index contributed by atoms with van der Waals surface area (Å²) in [4.78, 5) is 23.4. The smallest absolute Gasteiger partial charge is 0.292 e. The molecule has 0 bridgehead atoms. The van der Waals surface area contributed by atoms with Crippen LogP contribution in [0.2, 0.25) is 0 Å². The molecule has 1 aromatic heterocycles. The molecule has 0 radical (unpaired) electrons. The van der Waals surface area contributed by atoms with E-state index in [4.69, 9.17) is 4.74 Å². The van der Waals surface area contributed by atoms with Gasteiger partial charge in [-0.2, -0.15) is 5.26 Å². The highest BCUT2D eigenvalue weighted by molar-refractivity contribution is 6.03. The van der Waals surface area contributed by atoms with Crippen molar-refractivity contribution in [3.63, 3.8) is 0 Å². The van der Waals surface area contributed by atoms with Crippen molar-refractivity contribution < 1.29 is 18.3 Å². The molecule has 1 heterocycles. The van der Waals surface area contributed by atoms with E-state index in [1.165, 1.54) is 18.0 Å². The number of amides is 1. The maximum atomic E-state index is 14.2. The molecule has 8 nitrogen and oxygen atoms in total. The number of aryl methyl sites for hydroxylation is 1. The standard InChI is InChI=1S/C23H22F2N6O2/c1-13-6-9-19(33-5)14(2)20(13)31-21(27-12-30(3)4)18(11-26)28-22(31)23(32)29-17-8-7-15(24)10-16(17)25/h6-10,12H,1-5H3,(H,29,32). The molecule has 1 N–H and O–H groups in total. The summed E-state index contributed by atoms with van der Waals surface area (Å²) in [5.74, 6) is -2.04. The van der Waals surface area contributed by atoms with Crippen molar-refractivity contribution in [2.75, 3.05) is 26.5 Å². The number of methoxy groups -OCH3 is 1. The maximum absolute atomic E-state index is 14.2. The van der Waals surface area contributed by atoms with Crippen LogP contribution in [0.3, 0.4) is 0 Å². The third-order valence-corrected chi connectivity index (χ3v) is 4.78. The van der Waals surface area contributed by atoms with Crippen LogP contribution in [0, 0.1) is 36.8 Å². The number of carbonyl (C=O) groups excluding carboxylic acids is 1. The predicted molar refractivity (Wildman–Crippen MR) is 120 cm³/mol. The summed E-state index contributed by atoms with van der Waals surface area (Å²) in [5, 5.41) is 12.1. The van der Waals surface area contributed by atoms with Gasteiger partial charge in [0.05, 0.1) is 24.8 Å². The normalized spacial score (nSPS) is 10.8. The van der Waals surface area contributed by atoms with E-state index in [0.717, 1.165) is 17.7 Å². The summed E-state index contributed by atoms with van der Waals surface area (Å²) >= 11 is 0. The Kier molecular flexibility index (Phi) is 6.72. The van der Waals surface area contributed by atoms with Gasteiger partial charge < -0.3 is 15.0 Å². The van der Waals surface area contributed by atoms with Crippen molar-refractivity contribution in [1.29, 1.82) is 5.26 Å². The molecule has 0 fully saturated rings. The number of halogens is 2. The number of rotatable bonds is 6. The SMILES string of the molecule is COc1ccc(C)c(-n2c(C(=O)Nc3ccc(F)cc3F)nc(C#N)c2N=CN(C)C)c1C. The van der Waals surface area contributed by atoms with Gasteiger partial charge in [0.2, 0.25) is 5.82 Å². The van der Waals surface area contributed by atoms with Crippen molar-refractivity contribution in [2.24, 2.45) is 4.99 Å². The fourth-order valence-corrected chi connectivity index (χ4v) is 3.29. The number of aliphatic imine (C=N–C) groups is 1. The maximum Gasteiger partial charge on any atom is 0.292 e. The van der Waals surface area contributed by atoms with Crippen molar-refractivity contribution >= 4 is 23.8 Å². The number of carbonyl (C=O) groups is 1. The minimum Gasteiger partial charge on any atom is -0.496 e. The van der Waals surface area contributed by atoms with Gasteiger partial charge in [-0.3, -0.25) is 9.36 Å². The van der Waals surface area contributed by atoms with Gasteiger partial charge in [0.1, 0.15) is 23.5 Å². The number of nitriles is 1. The van der Waals surface area contributed by atoms with Crippen LogP contribution < -0.4 is 10.1 Å². The van der Waals surface area contributed by atoms with E-state index >= 15 is 0 Å². The van der Waals surface area contributed by atoms with E-state index in [9.17, 15) is 18.8 Å². The topological polar surface area (TPSA) is 95.5 Å². The number of ether oxygens (including phenoxy) is 1. The number of benzene rings is 2. The van der Waals surface area contributed by atoms with Gasteiger partial charge in [-0.25, -0.2) is 18.8 Å². The zero-order chi connectivity index (χ0) is 24.3. The molecule has 1 amide bonds. The minimum atomic E-state index is -0.943. The summed E-state index contributed by atoms with van der Waals surface area (Å²) in [6.45, 7) is 3.63. The van der Waals surface area contributed by atoms with E-state index in [1.807, 2.05) is 13.0 Å². The van der Waals surface area contributed by atoms with Crippen LogP contribution in [0.4, 0.5) is 20.3 Å². The Hall–Kier alpha value is -4.26. The Labute approximate surface area is 189 Å². The van der Waals surface area contributed by atoms with Gasteiger partial charge in [-0.05, 0) is 37.6 Å². The zero-order valence-electron chi connectivity index (χ0n) is 18.8. The molecular formula is C23H22F2N6O2. The Morgan fingerprint density at radius 3 is 2.61 bits per heavy atom. The average molecular weight is 452 g/mol. The number of aromatic nitrogens is 2. The molecule has 0 aliphatic carbocycles. The van der Waals surface area contributed by atoms with E-state index in [2.05, 4.69) is 15.3 Å².